The molecular weight excluding hydrogens is 268 g/mol. The monoisotopic (exact) mass is 284 g/mol. The highest BCUT2D eigenvalue weighted by Crippen LogP contribution is 2.16. The summed E-state index contributed by atoms with van der Waals surface area (Å²) in [6, 6.07) is 1.73. The zero-order valence-corrected chi connectivity index (χ0v) is 11.4. The van der Waals surface area contributed by atoms with Crippen LogP contribution in [-0.2, 0) is 23.1 Å². The van der Waals surface area contributed by atoms with Crippen molar-refractivity contribution in [2.45, 2.75) is 18.0 Å². The predicted molar refractivity (Wildman–Crippen MR) is 68.6 cm³/mol. The van der Waals surface area contributed by atoms with E-state index in [9.17, 15) is 8.42 Å². The molecule has 2 aromatic heterocycles. The van der Waals surface area contributed by atoms with Crippen molar-refractivity contribution >= 4 is 10.0 Å². The minimum absolute atomic E-state index is 0.159. The van der Waals surface area contributed by atoms with Crippen molar-refractivity contribution in [3.05, 3.63) is 36.5 Å². The largest absolute Gasteiger partial charge is 0.472 e. The van der Waals surface area contributed by atoms with Crippen LogP contribution in [-0.4, -0.2) is 36.1 Å². The van der Waals surface area contributed by atoms with E-state index >= 15 is 0 Å². The highest BCUT2D eigenvalue weighted by atomic mass is 32.2. The zero-order chi connectivity index (χ0) is 13.9. The predicted octanol–water partition coefficient (Wildman–Crippen LogP) is 0.255. The first kappa shape index (κ1) is 13.8. The van der Waals surface area contributed by atoms with Crippen LogP contribution in [0.2, 0.25) is 0 Å². The number of sulfonamides is 1. The molecule has 0 saturated carbocycles. The molecule has 7 nitrogen and oxygen atoms in total. The van der Waals surface area contributed by atoms with Crippen LogP contribution in [0.1, 0.15) is 5.56 Å². The Hall–Kier alpha value is -1.64. The molecule has 2 N–H and O–H groups in total. The molecule has 0 aromatic carbocycles. The van der Waals surface area contributed by atoms with Gasteiger partial charge in [-0.05, 0) is 6.07 Å². The maximum atomic E-state index is 12.3. The van der Waals surface area contributed by atoms with E-state index in [0.717, 1.165) is 5.56 Å². The van der Waals surface area contributed by atoms with E-state index in [1.54, 1.807) is 6.07 Å². The van der Waals surface area contributed by atoms with Gasteiger partial charge in [0.05, 0.1) is 25.3 Å². The van der Waals surface area contributed by atoms with Crippen LogP contribution in [0.15, 0.2) is 40.3 Å². The first-order chi connectivity index (χ1) is 9.04. The average molecular weight is 284 g/mol. The van der Waals surface area contributed by atoms with E-state index in [1.165, 1.54) is 41.0 Å². The third-order valence-electron chi connectivity index (χ3n) is 2.66. The Bertz CT molecular complexity index is 618. The molecule has 0 amide bonds. The molecule has 0 atom stereocenters. The lowest BCUT2D eigenvalue weighted by Gasteiger charge is -2.14. The lowest BCUT2D eigenvalue weighted by molar-refractivity contribution is 0.463. The number of hydrogen-bond acceptors (Lipinski definition) is 5. The van der Waals surface area contributed by atoms with E-state index in [1.807, 2.05) is 0 Å². The van der Waals surface area contributed by atoms with Gasteiger partial charge < -0.3 is 10.2 Å². The second kappa shape index (κ2) is 5.55. The maximum Gasteiger partial charge on any atom is 0.246 e. The maximum absolute atomic E-state index is 12.3. The molecule has 2 rings (SSSR count). The van der Waals surface area contributed by atoms with Crippen molar-refractivity contribution in [1.82, 2.24) is 14.1 Å². The quantitative estimate of drug-likeness (QED) is 0.821. The van der Waals surface area contributed by atoms with Gasteiger partial charge in [-0.2, -0.15) is 9.40 Å². The second-order valence-electron chi connectivity index (χ2n) is 4.12. The Morgan fingerprint density at radius 2 is 2.32 bits per heavy atom. The Labute approximate surface area is 111 Å². The number of nitrogens with zero attached hydrogens (tertiary/aromatic N) is 3. The van der Waals surface area contributed by atoms with E-state index in [-0.39, 0.29) is 11.4 Å². The molecule has 2 heterocycles. The molecule has 0 radical (unpaired) electrons. The minimum Gasteiger partial charge on any atom is -0.472 e. The Morgan fingerprint density at radius 1 is 1.53 bits per heavy atom. The van der Waals surface area contributed by atoms with E-state index in [4.69, 9.17) is 10.2 Å². The van der Waals surface area contributed by atoms with Crippen molar-refractivity contribution in [3.63, 3.8) is 0 Å². The first-order valence-electron chi connectivity index (χ1n) is 5.74. The highest BCUT2D eigenvalue weighted by Gasteiger charge is 2.22. The van der Waals surface area contributed by atoms with Crippen LogP contribution in [0, 0.1) is 0 Å². The van der Waals surface area contributed by atoms with Crippen LogP contribution in [0.4, 0.5) is 0 Å². The van der Waals surface area contributed by atoms with Gasteiger partial charge in [0.2, 0.25) is 10.0 Å². The van der Waals surface area contributed by atoms with Crippen molar-refractivity contribution in [2.75, 3.05) is 13.6 Å². The van der Waals surface area contributed by atoms with Gasteiger partial charge in [-0.3, -0.25) is 4.68 Å². The van der Waals surface area contributed by atoms with E-state index < -0.39 is 10.0 Å². The fraction of sp³-hybridized carbons (Fsp3) is 0.364. The number of hydrogen-bond donors (Lipinski definition) is 1. The van der Waals surface area contributed by atoms with Crippen molar-refractivity contribution in [1.29, 1.82) is 0 Å². The number of aromatic nitrogens is 2. The third-order valence-corrected chi connectivity index (χ3v) is 4.42. The molecule has 0 saturated heterocycles. The summed E-state index contributed by atoms with van der Waals surface area (Å²) >= 11 is 0. The second-order valence-corrected chi connectivity index (χ2v) is 6.17. The van der Waals surface area contributed by atoms with Gasteiger partial charge in [0.25, 0.3) is 0 Å². The molecule has 104 valence electrons. The van der Waals surface area contributed by atoms with Crippen LogP contribution in [0.25, 0.3) is 0 Å². The molecule has 0 fully saturated rings. The van der Waals surface area contributed by atoms with Gasteiger partial charge in [-0.15, -0.1) is 0 Å². The van der Waals surface area contributed by atoms with Crippen LogP contribution >= 0.6 is 0 Å². The summed E-state index contributed by atoms with van der Waals surface area (Å²) in [6.07, 6.45) is 5.84. The molecule has 0 aliphatic rings. The number of rotatable bonds is 6. The van der Waals surface area contributed by atoms with Crippen molar-refractivity contribution in [2.24, 2.45) is 5.73 Å². The molecule has 19 heavy (non-hydrogen) atoms. The van der Waals surface area contributed by atoms with Crippen LogP contribution in [0.3, 0.4) is 0 Å². The number of nitrogens with two attached hydrogens (primary N) is 1. The van der Waals surface area contributed by atoms with Crippen molar-refractivity contribution < 1.29 is 12.8 Å². The molecule has 8 heteroatoms. The van der Waals surface area contributed by atoms with E-state index in [2.05, 4.69) is 5.10 Å². The van der Waals surface area contributed by atoms with E-state index in [0.29, 0.717) is 13.1 Å². The summed E-state index contributed by atoms with van der Waals surface area (Å²) in [5, 5.41) is 3.96. The summed E-state index contributed by atoms with van der Waals surface area (Å²) in [5.74, 6) is 0. The third kappa shape index (κ3) is 3.03. The van der Waals surface area contributed by atoms with Gasteiger partial charge >= 0.3 is 0 Å². The normalized spacial score (nSPS) is 12.2. The molecule has 0 unspecified atom stereocenters. The standard InChI is InChI=1S/C11H16N4O3S/c1-14(7-10-2-5-18-9-10)19(16,17)11-6-13-15(8-11)4-3-12/h2,5-6,8-9H,3-4,7,12H2,1H3. The average Bonchev–Trinajstić information content (AvgIpc) is 3.00. The molecule has 0 spiro atoms. The molecule has 0 aliphatic carbocycles. The Balaban J connectivity index is 2.16. The number of furan rings is 1. The van der Waals surface area contributed by atoms with Gasteiger partial charge in [0, 0.05) is 31.9 Å². The van der Waals surface area contributed by atoms with Gasteiger partial charge in [0.15, 0.2) is 0 Å². The minimum atomic E-state index is -3.55. The molecule has 2 aromatic rings. The lowest BCUT2D eigenvalue weighted by Crippen LogP contribution is -2.26. The lowest BCUT2D eigenvalue weighted by atomic mass is 10.3. The van der Waals surface area contributed by atoms with Gasteiger partial charge in [0.1, 0.15) is 4.90 Å². The first-order valence-corrected chi connectivity index (χ1v) is 7.18. The fourth-order valence-corrected chi connectivity index (χ4v) is 2.75. The van der Waals surface area contributed by atoms with Crippen molar-refractivity contribution in [3.8, 4) is 0 Å². The fourth-order valence-electron chi connectivity index (χ4n) is 1.64. The Kier molecular flexibility index (Phi) is 4.03. The Morgan fingerprint density at radius 3 is 2.95 bits per heavy atom. The topological polar surface area (TPSA) is 94.4 Å². The molecular formula is C11H16N4O3S. The molecule has 0 aliphatic heterocycles. The van der Waals surface area contributed by atoms with Gasteiger partial charge in [-0.25, -0.2) is 8.42 Å². The molecule has 0 bridgehead atoms. The summed E-state index contributed by atoms with van der Waals surface area (Å²) < 4.78 is 32.3. The van der Waals surface area contributed by atoms with Gasteiger partial charge in [-0.1, -0.05) is 0 Å². The summed E-state index contributed by atoms with van der Waals surface area (Å²) in [6.45, 7) is 1.15. The summed E-state index contributed by atoms with van der Waals surface area (Å²) in [7, 11) is -2.03. The highest BCUT2D eigenvalue weighted by molar-refractivity contribution is 7.89. The van der Waals surface area contributed by atoms with Crippen LogP contribution < -0.4 is 5.73 Å². The zero-order valence-electron chi connectivity index (χ0n) is 10.6. The van der Waals surface area contributed by atoms with Crippen LogP contribution in [0.5, 0.6) is 0 Å². The smallest absolute Gasteiger partial charge is 0.246 e. The summed E-state index contributed by atoms with van der Waals surface area (Å²) in [4.78, 5) is 0.159. The summed E-state index contributed by atoms with van der Waals surface area (Å²) in [5.41, 5.74) is 6.19. The SMILES string of the molecule is CN(Cc1ccoc1)S(=O)(=O)c1cnn(CCN)c1.